The van der Waals surface area contributed by atoms with E-state index in [2.05, 4.69) is 19.1 Å². The minimum Gasteiger partial charge on any atom is -0.492 e. The molecule has 1 aliphatic rings. The van der Waals surface area contributed by atoms with Crippen molar-refractivity contribution in [2.45, 2.75) is 12.2 Å². The van der Waals surface area contributed by atoms with Gasteiger partial charge in [-0.2, -0.15) is 11.8 Å². The summed E-state index contributed by atoms with van der Waals surface area (Å²) in [6.07, 6.45) is 0. The molecule has 64 valence electrons. The van der Waals surface area contributed by atoms with Gasteiger partial charge in [-0.3, -0.25) is 0 Å². The summed E-state index contributed by atoms with van der Waals surface area (Å²) in [4.78, 5) is 0. The molecule has 0 spiro atoms. The molecule has 1 unspecified atom stereocenters. The molecule has 0 aliphatic carbocycles. The van der Waals surface area contributed by atoms with Gasteiger partial charge in [0.25, 0.3) is 0 Å². The number of hydrogen-bond donors (Lipinski definition) is 0. The largest absolute Gasteiger partial charge is 0.492 e. The lowest BCUT2D eigenvalue weighted by atomic mass is 10.2. The van der Waals surface area contributed by atoms with Crippen LogP contribution in [-0.2, 0) is 0 Å². The van der Waals surface area contributed by atoms with Crippen LogP contribution in [-0.4, -0.2) is 17.6 Å². The molecule has 1 fully saturated rings. The molecule has 0 N–H and O–H groups in total. The summed E-state index contributed by atoms with van der Waals surface area (Å²) in [5.41, 5.74) is 1.26. The predicted octanol–water partition coefficient (Wildman–Crippen LogP) is 2.49. The zero-order chi connectivity index (χ0) is 8.39. The molecule has 0 radical (unpaired) electrons. The number of hydrogen-bond acceptors (Lipinski definition) is 2. The van der Waals surface area contributed by atoms with Crippen LogP contribution in [0.25, 0.3) is 0 Å². The average molecular weight is 180 g/mol. The van der Waals surface area contributed by atoms with Crippen molar-refractivity contribution in [1.82, 2.24) is 0 Å². The average Bonchev–Trinajstić information content (AvgIpc) is 2.84. The van der Waals surface area contributed by atoms with E-state index < -0.39 is 0 Å². The van der Waals surface area contributed by atoms with Crippen LogP contribution in [0.4, 0.5) is 0 Å². The zero-order valence-electron chi connectivity index (χ0n) is 7.12. The van der Waals surface area contributed by atoms with Gasteiger partial charge in [0.2, 0.25) is 0 Å². The van der Waals surface area contributed by atoms with Gasteiger partial charge in [0.1, 0.15) is 12.4 Å². The molecule has 0 saturated carbocycles. The number of aryl methyl sites for hydroxylation is 1. The van der Waals surface area contributed by atoms with Gasteiger partial charge in [0.15, 0.2) is 0 Å². The molecule has 1 aromatic carbocycles. The van der Waals surface area contributed by atoms with Gasteiger partial charge in [-0.05, 0) is 24.6 Å². The van der Waals surface area contributed by atoms with E-state index >= 15 is 0 Å². The van der Waals surface area contributed by atoms with E-state index in [1.807, 2.05) is 23.9 Å². The van der Waals surface area contributed by atoms with Crippen molar-refractivity contribution in [3.63, 3.8) is 0 Å². The second-order valence-corrected chi connectivity index (χ2v) is 4.42. The van der Waals surface area contributed by atoms with Crippen molar-refractivity contribution in [1.29, 1.82) is 0 Å². The molecule has 0 aromatic heterocycles. The normalized spacial score (nSPS) is 20.6. The molecule has 1 saturated heterocycles. The number of rotatable bonds is 3. The monoisotopic (exact) mass is 180 g/mol. The van der Waals surface area contributed by atoms with Crippen LogP contribution in [0, 0.1) is 6.92 Å². The van der Waals surface area contributed by atoms with Crippen molar-refractivity contribution in [3.05, 3.63) is 29.8 Å². The van der Waals surface area contributed by atoms with Gasteiger partial charge in [-0.15, -0.1) is 0 Å². The van der Waals surface area contributed by atoms with Gasteiger partial charge in [0, 0.05) is 11.0 Å². The standard InChI is InChI=1S/C10H12OS/c1-8-3-2-4-9(5-8)11-6-10-7-12-10/h2-5,10H,6-7H2,1H3. The third-order valence-corrected chi connectivity index (χ3v) is 2.77. The van der Waals surface area contributed by atoms with Crippen molar-refractivity contribution in [2.75, 3.05) is 12.4 Å². The van der Waals surface area contributed by atoms with Crippen LogP contribution in [0.15, 0.2) is 24.3 Å². The fourth-order valence-electron chi connectivity index (χ4n) is 1.06. The smallest absolute Gasteiger partial charge is 0.119 e. The zero-order valence-corrected chi connectivity index (χ0v) is 7.93. The molecule has 1 aliphatic heterocycles. The van der Waals surface area contributed by atoms with Crippen LogP contribution in [0.5, 0.6) is 5.75 Å². The summed E-state index contributed by atoms with van der Waals surface area (Å²) in [7, 11) is 0. The molecule has 12 heavy (non-hydrogen) atoms. The molecule has 0 bridgehead atoms. The molecule has 2 heteroatoms. The lowest BCUT2D eigenvalue weighted by molar-refractivity contribution is 0.330. The van der Waals surface area contributed by atoms with E-state index in [4.69, 9.17) is 4.74 Å². The highest BCUT2D eigenvalue weighted by molar-refractivity contribution is 8.06. The first-order valence-corrected chi connectivity index (χ1v) is 5.20. The SMILES string of the molecule is Cc1cccc(OCC2CS2)c1. The van der Waals surface area contributed by atoms with Crippen LogP contribution >= 0.6 is 11.8 Å². The summed E-state index contributed by atoms with van der Waals surface area (Å²) in [5, 5.41) is 0.755. The maximum absolute atomic E-state index is 5.59. The van der Waals surface area contributed by atoms with Crippen molar-refractivity contribution < 1.29 is 4.74 Å². The summed E-state index contributed by atoms with van der Waals surface area (Å²) >= 11 is 1.97. The van der Waals surface area contributed by atoms with E-state index in [-0.39, 0.29) is 0 Å². The Labute approximate surface area is 77.1 Å². The lowest BCUT2D eigenvalue weighted by Gasteiger charge is -2.04. The molecular weight excluding hydrogens is 168 g/mol. The Morgan fingerprint density at radius 1 is 1.58 bits per heavy atom. The van der Waals surface area contributed by atoms with E-state index in [0.717, 1.165) is 17.6 Å². The van der Waals surface area contributed by atoms with Crippen LogP contribution in [0.3, 0.4) is 0 Å². The first-order chi connectivity index (χ1) is 5.84. The van der Waals surface area contributed by atoms with E-state index in [1.165, 1.54) is 11.3 Å². The summed E-state index contributed by atoms with van der Waals surface area (Å²) in [6, 6.07) is 8.20. The van der Waals surface area contributed by atoms with Gasteiger partial charge in [-0.25, -0.2) is 0 Å². The fourth-order valence-corrected chi connectivity index (χ4v) is 1.46. The summed E-state index contributed by atoms with van der Waals surface area (Å²) in [5.74, 6) is 2.27. The summed E-state index contributed by atoms with van der Waals surface area (Å²) < 4.78 is 5.59. The first-order valence-electron chi connectivity index (χ1n) is 4.16. The molecule has 1 atom stereocenters. The Bertz CT molecular complexity index is 268. The highest BCUT2D eigenvalue weighted by Gasteiger charge is 2.22. The second kappa shape index (κ2) is 3.40. The molecule has 1 heterocycles. The fraction of sp³-hybridized carbons (Fsp3) is 0.400. The molecule has 1 nitrogen and oxygen atoms in total. The Morgan fingerprint density at radius 2 is 2.42 bits per heavy atom. The summed E-state index contributed by atoms with van der Waals surface area (Å²) in [6.45, 7) is 2.95. The molecule has 0 amide bonds. The van der Waals surface area contributed by atoms with Gasteiger partial charge in [0.05, 0.1) is 0 Å². The molecular formula is C10H12OS. The minimum atomic E-state index is 0.755. The van der Waals surface area contributed by atoms with Gasteiger partial charge >= 0.3 is 0 Å². The van der Waals surface area contributed by atoms with E-state index in [0.29, 0.717) is 0 Å². The topological polar surface area (TPSA) is 9.23 Å². The van der Waals surface area contributed by atoms with Crippen LogP contribution in [0.1, 0.15) is 5.56 Å². The minimum absolute atomic E-state index is 0.755. The Kier molecular flexibility index (Phi) is 2.26. The van der Waals surface area contributed by atoms with Gasteiger partial charge in [-0.1, -0.05) is 12.1 Å². The number of benzene rings is 1. The Morgan fingerprint density at radius 3 is 3.08 bits per heavy atom. The quantitative estimate of drug-likeness (QED) is 0.661. The van der Waals surface area contributed by atoms with E-state index in [1.54, 1.807) is 0 Å². The highest BCUT2D eigenvalue weighted by atomic mass is 32.2. The Balaban J connectivity index is 1.92. The number of thioether (sulfide) groups is 1. The van der Waals surface area contributed by atoms with Crippen molar-refractivity contribution >= 4 is 11.8 Å². The van der Waals surface area contributed by atoms with Crippen LogP contribution in [0.2, 0.25) is 0 Å². The van der Waals surface area contributed by atoms with Crippen LogP contribution < -0.4 is 4.74 Å². The second-order valence-electron chi connectivity index (χ2n) is 3.08. The van der Waals surface area contributed by atoms with E-state index in [9.17, 15) is 0 Å². The Hall–Kier alpha value is -0.630. The maximum atomic E-state index is 5.59. The van der Waals surface area contributed by atoms with Crippen molar-refractivity contribution in [3.8, 4) is 5.75 Å². The third kappa shape index (κ3) is 2.18. The number of ether oxygens (including phenoxy) is 1. The maximum Gasteiger partial charge on any atom is 0.119 e. The highest BCUT2D eigenvalue weighted by Crippen LogP contribution is 2.30. The molecule has 2 rings (SSSR count). The van der Waals surface area contributed by atoms with Gasteiger partial charge < -0.3 is 4.74 Å². The van der Waals surface area contributed by atoms with Crippen molar-refractivity contribution in [2.24, 2.45) is 0 Å². The predicted molar refractivity (Wildman–Crippen MR) is 52.9 cm³/mol. The lowest BCUT2D eigenvalue weighted by Crippen LogP contribution is -2.02. The first kappa shape index (κ1) is 7.99. The molecule has 1 aromatic rings. The third-order valence-electron chi connectivity index (χ3n) is 1.83.